The summed E-state index contributed by atoms with van der Waals surface area (Å²) in [6.07, 6.45) is 5.40. The lowest BCUT2D eigenvalue weighted by molar-refractivity contribution is -0.133. The Kier molecular flexibility index (Phi) is 6.77. The summed E-state index contributed by atoms with van der Waals surface area (Å²) >= 11 is 1.55. The third kappa shape index (κ3) is 4.86. The number of benzene rings is 1. The van der Waals surface area contributed by atoms with E-state index in [1.807, 2.05) is 5.38 Å². The van der Waals surface area contributed by atoms with Crippen LogP contribution in [-0.4, -0.2) is 66.0 Å². The zero-order valence-corrected chi connectivity index (χ0v) is 21.0. The average Bonchev–Trinajstić information content (AvgIpc) is 3.67. The molecule has 1 fully saturated rings. The molecule has 3 aromatic heterocycles. The van der Waals surface area contributed by atoms with Crippen LogP contribution in [-0.2, 0) is 21.4 Å². The van der Waals surface area contributed by atoms with Crippen LogP contribution in [0.3, 0.4) is 0 Å². The fourth-order valence-electron chi connectivity index (χ4n) is 4.46. The molecular weight excluding hydrogens is 498 g/mol. The van der Waals surface area contributed by atoms with Gasteiger partial charge in [0.05, 0.1) is 4.90 Å². The van der Waals surface area contributed by atoms with Crippen molar-refractivity contribution in [3.8, 4) is 6.07 Å². The second kappa shape index (κ2) is 10.1. The van der Waals surface area contributed by atoms with E-state index >= 15 is 0 Å². The van der Waals surface area contributed by atoms with E-state index in [1.54, 1.807) is 69.7 Å². The van der Waals surface area contributed by atoms with Crippen molar-refractivity contribution in [2.75, 3.05) is 31.1 Å². The van der Waals surface area contributed by atoms with Crippen LogP contribution in [0.5, 0.6) is 0 Å². The van der Waals surface area contributed by atoms with Gasteiger partial charge in [-0.15, -0.1) is 11.3 Å². The van der Waals surface area contributed by atoms with Crippen molar-refractivity contribution in [1.29, 1.82) is 5.26 Å². The quantitative estimate of drug-likeness (QED) is 0.365. The van der Waals surface area contributed by atoms with Gasteiger partial charge in [-0.3, -0.25) is 4.79 Å². The average molecular weight is 524 g/mol. The molecule has 1 saturated heterocycles. The van der Waals surface area contributed by atoms with E-state index < -0.39 is 16.1 Å². The van der Waals surface area contributed by atoms with Gasteiger partial charge in [-0.05, 0) is 36.8 Å². The van der Waals surface area contributed by atoms with Crippen molar-refractivity contribution in [3.05, 3.63) is 66.1 Å². The van der Waals surface area contributed by atoms with E-state index in [1.165, 1.54) is 6.07 Å². The molecule has 36 heavy (non-hydrogen) atoms. The maximum atomic E-state index is 13.6. The molecular formula is C24H25N7O3S2. The van der Waals surface area contributed by atoms with Gasteiger partial charge in [0.2, 0.25) is 15.9 Å². The van der Waals surface area contributed by atoms with Crippen molar-refractivity contribution < 1.29 is 13.2 Å². The topological polar surface area (TPSA) is 127 Å². The molecule has 4 heterocycles. The fourth-order valence-corrected chi connectivity index (χ4v) is 6.61. The highest BCUT2D eigenvalue weighted by Gasteiger charge is 2.32. The van der Waals surface area contributed by atoms with Crippen LogP contribution in [0.4, 0.5) is 5.13 Å². The van der Waals surface area contributed by atoms with Crippen molar-refractivity contribution in [3.63, 3.8) is 0 Å². The highest BCUT2D eigenvalue weighted by atomic mass is 32.2. The van der Waals surface area contributed by atoms with E-state index in [0.717, 1.165) is 5.13 Å². The van der Waals surface area contributed by atoms with Crippen molar-refractivity contribution in [1.82, 2.24) is 24.2 Å². The summed E-state index contributed by atoms with van der Waals surface area (Å²) in [4.78, 5) is 24.9. The van der Waals surface area contributed by atoms with Gasteiger partial charge in [0, 0.05) is 67.6 Å². The monoisotopic (exact) mass is 523 g/mol. The second-order valence-electron chi connectivity index (χ2n) is 8.48. The number of fused-ring (bicyclic) bond motifs is 1. The van der Waals surface area contributed by atoms with Crippen molar-refractivity contribution >= 4 is 43.3 Å². The first kappa shape index (κ1) is 24.1. The molecule has 0 bridgehead atoms. The van der Waals surface area contributed by atoms with Crippen LogP contribution in [0.2, 0.25) is 0 Å². The molecule has 1 aliphatic rings. The van der Waals surface area contributed by atoms with E-state index in [9.17, 15) is 18.5 Å². The Balaban J connectivity index is 1.36. The summed E-state index contributed by atoms with van der Waals surface area (Å²) in [5, 5.41) is 12.7. The lowest BCUT2D eigenvalue weighted by Gasteiger charge is -2.36. The van der Waals surface area contributed by atoms with Gasteiger partial charge >= 0.3 is 0 Å². The maximum Gasteiger partial charge on any atom is 0.241 e. The Morgan fingerprint density at radius 3 is 2.78 bits per heavy atom. The molecule has 1 atom stereocenters. The molecule has 1 amide bonds. The number of rotatable bonds is 8. The van der Waals surface area contributed by atoms with Gasteiger partial charge in [-0.2, -0.15) is 9.98 Å². The smallest absolute Gasteiger partial charge is 0.241 e. The van der Waals surface area contributed by atoms with Gasteiger partial charge < -0.3 is 19.4 Å². The number of piperazine rings is 1. The van der Waals surface area contributed by atoms with Crippen LogP contribution in [0, 0.1) is 11.3 Å². The number of H-pyrrole nitrogens is 1. The first-order chi connectivity index (χ1) is 17.5. The number of nitrogens with one attached hydrogen (secondary N) is 2. The fraction of sp³-hybridized carbons (Fsp3) is 0.292. The molecule has 0 radical (unpaired) electrons. The Bertz CT molecular complexity index is 1490. The number of aromatic amines is 1. The van der Waals surface area contributed by atoms with Gasteiger partial charge in [0.1, 0.15) is 17.8 Å². The lowest BCUT2D eigenvalue weighted by Crippen LogP contribution is -2.55. The summed E-state index contributed by atoms with van der Waals surface area (Å²) in [6, 6.07) is 11.3. The summed E-state index contributed by atoms with van der Waals surface area (Å²) in [7, 11) is -4.00. The van der Waals surface area contributed by atoms with E-state index in [4.69, 9.17) is 0 Å². The van der Waals surface area contributed by atoms with E-state index in [-0.39, 0.29) is 17.2 Å². The Morgan fingerprint density at radius 2 is 2.03 bits per heavy atom. The molecule has 1 aliphatic heterocycles. The highest BCUT2D eigenvalue weighted by Crippen LogP contribution is 2.23. The van der Waals surface area contributed by atoms with E-state index in [0.29, 0.717) is 49.3 Å². The molecule has 186 valence electrons. The van der Waals surface area contributed by atoms with Gasteiger partial charge in [-0.1, -0.05) is 6.07 Å². The number of anilines is 1. The zero-order valence-electron chi connectivity index (χ0n) is 19.4. The summed E-state index contributed by atoms with van der Waals surface area (Å²) in [5.41, 5.74) is 1.16. The number of nitriles is 1. The minimum Gasteiger partial charge on any atom is -0.361 e. The van der Waals surface area contributed by atoms with Crippen LogP contribution < -0.4 is 9.62 Å². The van der Waals surface area contributed by atoms with Crippen LogP contribution in [0.25, 0.3) is 10.9 Å². The van der Waals surface area contributed by atoms with Crippen molar-refractivity contribution in [2.45, 2.75) is 23.9 Å². The second-order valence-corrected chi connectivity index (χ2v) is 11.0. The van der Waals surface area contributed by atoms with Crippen molar-refractivity contribution in [2.24, 2.45) is 0 Å². The minimum absolute atomic E-state index is 0.117. The third-order valence-corrected chi connectivity index (χ3v) is 8.69. The predicted molar refractivity (Wildman–Crippen MR) is 137 cm³/mol. The minimum atomic E-state index is -4.00. The van der Waals surface area contributed by atoms with Crippen LogP contribution in [0.15, 0.2) is 65.3 Å². The first-order valence-corrected chi connectivity index (χ1v) is 13.9. The number of carbonyl (C=O) groups is 1. The SMILES string of the molecule is N#Cc1cccn1CCC(NS(=O)(=O)c1cccc2[nH]ccc12)C(=O)N1CCN(c2nccs2)CC1. The van der Waals surface area contributed by atoms with E-state index in [2.05, 4.69) is 25.7 Å². The number of aryl methyl sites for hydroxylation is 1. The van der Waals surface area contributed by atoms with Gasteiger partial charge in [-0.25, -0.2) is 13.4 Å². The number of thiazole rings is 1. The molecule has 2 N–H and O–H groups in total. The summed E-state index contributed by atoms with van der Waals surface area (Å²) < 4.78 is 31.3. The Labute approximate surface area is 212 Å². The molecule has 1 unspecified atom stereocenters. The van der Waals surface area contributed by atoms with Gasteiger partial charge in [0.25, 0.3) is 0 Å². The number of nitrogens with zero attached hydrogens (tertiary/aromatic N) is 5. The predicted octanol–water partition coefficient (Wildman–Crippen LogP) is 2.38. The molecule has 5 rings (SSSR count). The Hall–Kier alpha value is -3.66. The number of hydrogen-bond acceptors (Lipinski definition) is 7. The molecule has 10 nitrogen and oxygen atoms in total. The number of hydrogen-bond donors (Lipinski definition) is 2. The third-order valence-electron chi connectivity index (χ3n) is 6.32. The highest BCUT2D eigenvalue weighted by molar-refractivity contribution is 7.89. The summed E-state index contributed by atoms with van der Waals surface area (Å²) in [6.45, 7) is 2.51. The zero-order chi connectivity index (χ0) is 25.1. The molecule has 0 aliphatic carbocycles. The number of amides is 1. The molecule has 0 spiro atoms. The number of sulfonamides is 1. The van der Waals surface area contributed by atoms with Crippen LogP contribution >= 0.6 is 11.3 Å². The standard InChI is InChI=1S/C24H25N7O3S2/c25-17-18-3-2-10-29(18)11-7-21(23(32)30-12-14-31(15-13-30)24-27-9-16-35-24)28-36(33,34)22-5-1-4-20-19(22)6-8-26-20/h1-6,8-10,16,21,26,28H,7,11-15H2. The number of aromatic nitrogens is 3. The summed E-state index contributed by atoms with van der Waals surface area (Å²) in [5.74, 6) is -0.274. The molecule has 1 aromatic carbocycles. The van der Waals surface area contributed by atoms with Gasteiger partial charge in [0.15, 0.2) is 5.13 Å². The van der Waals surface area contributed by atoms with Crippen LogP contribution in [0.1, 0.15) is 12.1 Å². The molecule has 0 saturated carbocycles. The normalized spacial score (nSPS) is 15.2. The number of carbonyl (C=O) groups excluding carboxylic acids is 1. The Morgan fingerprint density at radius 1 is 1.19 bits per heavy atom. The molecule has 4 aromatic rings. The largest absolute Gasteiger partial charge is 0.361 e. The molecule has 12 heteroatoms. The first-order valence-electron chi connectivity index (χ1n) is 11.5. The lowest BCUT2D eigenvalue weighted by atomic mass is 10.1. The maximum absolute atomic E-state index is 13.6.